The predicted octanol–water partition coefficient (Wildman–Crippen LogP) is 0.827. The topological polar surface area (TPSA) is 23.6 Å². The first kappa shape index (κ1) is 24.0. The van der Waals surface area contributed by atoms with E-state index in [2.05, 4.69) is 30.6 Å². The third-order valence-electron chi connectivity index (χ3n) is 2.31. The van der Waals surface area contributed by atoms with Crippen LogP contribution in [0.1, 0.15) is 12.8 Å². The Morgan fingerprint density at radius 2 is 1.58 bits per heavy atom. The fourth-order valence-electron chi connectivity index (χ4n) is 1.48. The Balaban J connectivity index is -0.00000128. The number of terminal acetylenes is 2. The van der Waals surface area contributed by atoms with Crippen molar-refractivity contribution >= 4 is 5.91 Å². The molecule has 106 valence electrons. The smallest absolute Gasteiger partial charge is 0.298 e. The summed E-state index contributed by atoms with van der Waals surface area (Å²) >= 11 is 0. The molecule has 0 saturated heterocycles. The monoisotopic (exact) mass is 600 g/mol. The Bertz CT molecular complexity index is 308. The van der Waals surface area contributed by atoms with Crippen molar-refractivity contribution in [3.63, 3.8) is 0 Å². The second-order valence-electron chi connectivity index (χ2n) is 3.62. The molecule has 0 unspecified atom stereocenters. The van der Waals surface area contributed by atoms with Crippen molar-refractivity contribution in [2.45, 2.75) is 12.8 Å². The molecular formula is C14H20N2OW2-2. The van der Waals surface area contributed by atoms with Crippen LogP contribution in [0.25, 0.3) is 0 Å². The predicted molar refractivity (Wildman–Crippen MR) is 70.6 cm³/mol. The molecular weight excluding hydrogens is 580 g/mol. The van der Waals surface area contributed by atoms with Crippen LogP contribution in [0.4, 0.5) is 0 Å². The Morgan fingerprint density at radius 1 is 1.00 bits per heavy atom. The minimum atomic E-state index is -0.288. The van der Waals surface area contributed by atoms with E-state index in [9.17, 15) is 4.79 Å². The molecule has 0 aromatic heterocycles. The fraction of sp³-hybridized carbons (Fsp3) is 0.500. The van der Waals surface area contributed by atoms with E-state index in [1.54, 1.807) is 4.90 Å². The molecule has 19 heavy (non-hydrogen) atoms. The second-order valence-corrected chi connectivity index (χ2v) is 3.62. The van der Waals surface area contributed by atoms with Crippen molar-refractivity contribution in [2.24, 2.45) is 0 Å². The van der Waals surface area contributed by atoms with E-state index >= 15 is 0 Å². The molecule has 0 rings (SSSR count). The zero-order chi connectivity index (χ0) is 13.1. The number of nitrogens with zero attached hydrogens (tertiary/aromatic N) is 2. The molecule has 0 spiro atoms. The molecule has 1 amide bonds. The standard InChI is InChI=1S/C14H20N2O.2W/c1-5-9-15(10-6-2)12-13-16(11-7-3)14(17)8-4;;/h1,4H,2-3,6-7,9-13H2;;/q-2;;. The summed E-state index contributed by atoms with van der Waals surface area (Å²) in [6.07, 6.45) is 11.8. The third-order valence-corrected chi connectivity index (χ3v) is 2.31. The van der Waals surface area contributed by atoms with Gasteiger partial charge in [0.15, 0.2) is 0 Å². The zero-order valence-electron chi connectivity index (χ0n) is 11.1. The minimum Gasteiger partial charge on any atom is -0.342 e. The van der Waals surface area contributed by atoms with Gasteiger partial charge in [-0.15, -0.1) is 12.8 Å². The molecule has 0 aromatic carbocycles. The van der Waals surface area contributed by atoms with Gasteiger partial charge in [0.05, 0.1) is 6.54 Å². The molecule has 5 heteroatoms. The first-order valence-electron chi connectivity index (χ1n) is 5.69. The molecule has 0 radical (unpaired) electrons. The van der Waals surface area contributed by atoms with Gasteiger partial charge in [0.25, 0.3) is 5.91 Å². The van der Waals surface area contributed by atoms with Crippen molar-refractivity contribution in [3.05, 3.63) is 13.8 Å². The molecule has 0 bridgehead atoms. The van der Waals surface area contributed by atoms with E-state index in [-0.39, 0.29) is 48.0 Å². The van der Waals surface area contributed by atoms with Gasteiger partial charge in [0, 0.05) is 55.2 Å². The van der Waals surface area contributed by atoms with Crippen molar-refractivity contribution in [1.29, 1.82) is 0 Å². The maximum atomic E-state index is 11.4. The first-order chi connectivity index (χ1) is 8.19. The molecule has 0 heterocycles. The largest absolute Gasteiger partial charge is 0.342 e. The maximum Gasteiger partial charge on any atom is 0.298 e. The quantitative estimate of drug-likeness (QED) is 0.305. The SMILES string of the molecule is C#CCN(CC[CH2-])CCN(CC[CH2-])C(=O)C#C.[W].[W]. The van der Waals surface area contributed by atoms with Gasteiger partial charge < -0.3 is 18.7 Å². The first-order valence-corrected chi connectivity index (χ1v) is 5.69. The number of carbonyl (C=O) groups is 1. The van der Waals surface area contributed by atoms with Crippen molar-refractivity contribution in [2.75, 3.05) is 32.7 Å². The number of amides is 1. The molecule has 0 aromatic rings. The van der Waals surface area contributed by atoms with Gasteiger partial charge >= 0.3 is 0 Å². The number of hydrogen-bond acceptors (Lipinski definition) is 2. The van der Waals surface area contributed by atoms with Crippen LogP contribution in [-0.2, 0) is 46.9 Å². The van der Waals surface area contributed by atoms with Crippen LogP contribution in [0.3, 0.4) is 0 Å². The van der Waals surface area contributed by atoms with Crippen LogP contribution < -0.4 is 0 Å². The van der Waals surface area contributed by atoms with Crippen molar-refractivity contribution in [3.8, 4) is 24.7 Å². The van der Waals surface area contributed by atoms with Gasteiger partial charge in [0.2, 0.25) is 0 Å². The number of hydrogen-bond donors (Lipinski definition) is 0. The van der Waals surface area contributed by atoms with Crippen LogP contribution in [0, 0.1) is 38.5 Å². The number of carbonyl (C=O) groups excluding carboxylic acids is 1. The summed E-state index contributed by atoms with van der Waals surface area (Å²) in [4.78, 5) is 15.1. The molecule has 0 saturated carbocycles. The molecule has 0 aliphatic rings. The van der Waals surface area contributed by atoms with Gasteiger partial charge in [0.1, 0.15) is 0 Å². The van der Waals surface area contributed by atoms with Crippen LogP contribution in [-0.4, -0.2) is 48.4 Å². The zero-order valence-corrected chi connectivity index (χ0v) is 17.0. The van der Waals surface area contributed by atoms with Gasteiger partial charge in [-0.1, -0.05) is 5.92 Å². The number of rotatable bonds is 8. The van der Waals surface area contributed by atoms with E-state index < -0.39 is 0 Å². The summed E-state index contributed by atoms with van der Waals surface area (Å²) < 4.78 is 0. The minimum absolute atomic E-state index is 0. The van der Waals surface area contributed by atoms with Crippen molar-refractivity contribution in [1.82, 2.24) is 9.80 Å². The second kappa shape index (κ2) is 16.0. The van der Waals surface area contributed by atoms with E-state index in [1.807, 2.05) is 0 Å². The summed E-state index contributed by atoms with van der Waals surface area (Å²) in [7, 11) is 0. The Labute approximate surface area is 146 Å². The summed E-state index contributed by atoms with van der Waals surface area (Å²) in [6.45, 7) is 10.8. The van der Waals surface area contributed by atoms with Crippen LogP contribution in [0.15, 0.2) is 0 Å². The average Bonchev–Trinajstić information content (AvgIpc) is 2.33. The van der Waals surface area contributed by atoms with E-state index in [1.165, 1.54) is 0 Å². The average molecular weight is 600 g/mol. The van der Waals surface area contributed by atoms with Gasteiger partial charge in [-0.25, -0.2) is 0 Å². The van der Waals surface area contributed by atoms with Gasteiger partial charge in [-0.3, -0.25) is 9.69 Å². The van der Waals surface area contributed by atoms with Gasteiger partial charge in [-0.2, -0.15) is 12.8 Å². The third kappa shape index (κ3) is 11.5. The Morgan fingerprint density at radius 3 is 2.00 bits per heavy atom. The van der Waals surface area contributed by atoms with E-state index in [0.29, 0.717) is 32.6 Å². The Kier molecular flexibility index (Phi) is 20.2. The van der Waals surface area contributed by atoms with E-state index in [4.69, 9.17) is 12.8 Å². The Hall–Kier alpha value is -0.0734. The van der Waals surface area contributed by atoms with Crippen LogP contribution >= 0.6 is 0 Å². The molecule has 0 aliphatic heterocycles. The van der Waals surface area contributed by atoms with Gasteiger partial charge in [-0.05, 0) is 19.0 Å². The maximum absolute atomic E-state index is 11.4. The molecule has 0 N–H and O–H groups in total. The molecule has 0 fully saturated rings. The summed E-state index contributed by atoms with van der Waals surface area (Å²) in [5, 5.41) is 0. The van der Waals surface area contributed by atoms with Crippen LogP contribution in [0.5, 0.6) is 0 Å². The van der Waals surface area contributed by atoms with E-state index in [0.717, 1.165) is 13.0 Å². The summed E-state index contributed by atoms with van der Waals surface area (Å²) in [6, 6.07) is 0. The summed E-state index contributed by atoms with van der Waals surface area (Å²) in [5.74, 6) is 4.43. The molecule has 0 atom stereocenters. The normalized spacial score (nSPS) is 8.68. The fourth-order valence-corrected chi connectivity index (χ4v) is 1.48. The summed E-state index contributed by atoms with van der Waals surface area (Å²) in [5.41, 5.74) is 0. The van der Waals surface area contributed by atoms with Crippen molar-refractivity contribution < 1.29 is 46.9 Å². The molecule has 3 nitrogen and oxygen atoms in total. The molecule has 0 aliphatic carbocycles. The van der Waals surface area contributed by atoms with Crippen LogP contribution in [0.2, 0.25) is 0 Å².